The molecule has 3 aromatic rings. The van der Waals surface area contributed by atoms with Crippen LogP contribution >= 0.6 is 0 Å². The van der Waals surface area contributed by atoms with Crippen LogP contribution in [0.3, 0.4) is 0 Å². The first-order chi connectivity index (χ1) is 18.1. The molecule has 0 spiro atoms. The third-order valence-corrected chi connectivity index (χ3v) is 6.30. The largest absolute Gasteiger partial charge is 0.416 e. The maximum atomic E-state index is 13.6. The molecule has 2 aromatic carbocycles. The summed E-state index contributed by atoms with van der Waals surface area (Å²) in [5, 5.41) is 5.85. The smallest absolute Gasteiger partial charge is 0.383 e. The highest BCUT2D eigenvalue weighted by atomic mass is 19.4. The highest BCUT2D eigenvalue weighted by Crippen LogP contribution is 2.33. The number of alkyl halides is 3. The fourth-order valence-corrected chi connectivity index (χ4v) is 4.27. The van der Waals surface area contributed by atoms with Gasteiger partial charge < -0.3 is 14.2 Å². The number of aryl methyl sites for hydroxylation is 1. The molecule has 0 saturated heterocycles. The molecule has 200 valence electrons. The van der Waals surface area contributed by atoms with Crippen LogP contribution in [0, 0.1) is 5.82 Å². The molecule has 1 atom stereocenters. The summed E-state index contributed by atoms with van der Waals surface area (Å²) in [5.74, 6) is -1.53. The maximum Gasteiger partial charge on any atom is 0.416 e. The van der Waals surface area contributed by atoms with E-state index in [0.717, 1.165) is 30.0 Å². The van der Waals surface area contributed by atoms with E-state index in [2.05, 4.69) is 5.10 Å². The summed E-state index contributed by atoms with van der Waals surface area (Å²) in [4.78, 5) is 27.9. The Morgan fingerprint density at radius 2 is 1.76 bits per heavy atom. The van der Waals surface area contributed by atoms with Gasteiger partial charge in [-0.15, -0.1) is 0 Å². The molecule has 0 unspecified atom stereocenters. The van der Waals surface area contributed by atoms with E-state index in [-0.39, 0.29) is 25.3 Å². The van der Waals surface area contributed by atoms with E-state index in [9.17, 15) is 27.2 Å². The Labute approximate surface area is 216 Å². The molecule has 0 fully saturated rings. The molecule has 0 N–H and O–H groups in total. The van der Waals surface area contributed by atoms with Crippen molar-refractivity contribution < 1.29 is 31.9 Å². The van der Waals surface area contributed by atoms with E-state index < -0.39 is 35.4 Å². The van der Waals surface area contributed by atoms with Crippen molar-refractivity contribution in [2.45, 2.75) is 18.6 Å². The van der Waals surface area contributed by atoms with Crippen molar-refractivity contribution in [3.63, 3.8) is 0 Å². The van der Waals surface area contributed by atoms with Crippen LogP contribution in [0.15, 0.2) is 72.0 Å². The molecule has 0 radical (unpaired) electrons. The molecule has 0 aliphatic carbocycles. The van der Waals surface area contributed by atoms with E-state index in [1.54, 1.807) is 12.1 Å². The summed E-state index contributed by atoms with van der Waals surface area (Å²) >= 11 is 0. The molecule has 1 aliphatic rings. The minimum Gasteiger partial charge on any atom is -0.383 e. The van der Waals surface area contributed by atoms with Gasteiger partial charge in [-0.1, -0.05) is 12.1 Å². The first-order valence-electron chi connectivity index (χ1n) is 11.8. The first kappa shape index (κ1) is 27.1. The number of carbonyl (C=O) groups is 2. The normalized spacial score (nSPS) is 15.5. The molecular weight excluding hydrogens is 504 g/mol. The number of hydrazone groups is 1. The molecule has 0 bridgehead atoms. The van der Waals surface area contributed by atoms with E-state index in [1.165, 1.54) is 29.2 Å². The third-order valence-electron chi connectivity index (χ3n) is 6.30. The van der Waals surface area contributed by atoms with Crippen molar-refractivity contribution in [2.24, 2.45) is 12.1 Å². The first-order valence-corrected chi connectivity index (χ1v) is 11.8. The third kappa shape index (κ3) is 5.94. The highest BCUT2D eigenvalue weighted by Gasteiger charge is 2.35. The minimum atomic E-state index is -4.54. The molecule has 1 aromatic heterocycles. The summed E-state index contributed by atoms with van der Waals surface area (Å²) in [5.41, 5.74) is 1.26. The van der Waals surface area contributed by atoms with E-state index >= 15 is 0 Å². The lowest BCUT2D eigenvalue weighted by Gasteiger charge is -2.27. The summed E-state index contributed by atoms with van der Waals surface area (Å²) in [7, 11) is 3.29. The van der Waals surface area contributed by atoms with Gasteiger partial charge in [0.2, 0.25) is 0 Å². The van der Waals surface area contributed by atoms with Crippen LogP contribution in [0.5, 0.6) is 0 Å². The standard InChI is InChI=1S/C27H26F4N4O3/c1-33-13-3-4-23(33)22-16-24(18-7-11-21(28)12-8-18)35(32-22)25(36)17-34(14-15-38-2)26(37)19-5-9-20(10-6-19)27(29,30)31/h3-13,24H,14-17H2,1-2H3/t24-/m0/s1. The van der Waals surface area contributed by atoms with Crippen LogP contribution in [0.2, 0.25) is 0 Å². The number of benzene rings is 2. The number of rotatable bonds is 8. The van der Waals surface area contributed by atoms with Crippen molar-refractivity contribution >= 4 is 17.5 Å². The second kappa shape index (κ2) is 11.2. The van der Waals surface area contributed by atoms with Crippen LogP contribution in [0.25, 0.3) is 0 Å². The maximum absolute atomic E-state index is 13.6. The van der Waals surface area contributed by atoms with Gasteiger partial charge >= 0.3 is 6.18 Å². The quantitative estimate of drug-likeness (QED) is 0.399. The van der Waals surface area contributed by atoms with E-state index in [4.69, 9.17) is 4.74 Å². The molecule has 2 heterocycles. The number of ether oxygens (including phenoxy) is 1. The zero-order valence-corrected chi connectivity index (χ0v) is 20.8. The Kier molecular flexibility index (Phi) is 7.96. The van der Waals surface area contributed by atoms with Crippen molar-refractivity contribution in [2.75, 3.05) is 26.8 Å². The van der Waals surface area contributed by atoms with Crippen LogP contribution < -0.4 is 0 Å². The number of carbonyl (C=O) groups excluding carboxylic acids is 2. The van der Waals surface area contributed by atoms with Gasteiger partial charge in [-0.3, -0.25) is 9.59 Å². The second-order valence-corrected chi connectivity index (χ2v) is 8.86. The number of amides is 2. The molecule has 38 heavy (non-hydrogen) atoms. The average molecular weight is 531 g/mol. The lowest BCUT2D eigenvalue weighted by molar-refractivity contribution is -0.137. The number of aromatic nitrogens is 1. The van der Waals surface area contributed by atoms with Gasteiger partial charge in [-0.2, -0.15) is 18.3 Å². The Morgan fingerprint density at radius 3 is 2.34 bits per heavy atom. The Balaban J connectivity index is 1.60. The molecule has 11 heteroatoms. The van der Waals surface area contributed by atoms with Crippen LogP contribution in [0.1, 0.15) is 39.6 Å². The lowest BCUT2D eigenvalue weighted by atomic mass is 10.0. The number of halogens is 4. The Bertz CT molecular complexity index is 1320. The Hall–Kier alpha value is -3.99. The highest BCUT2D eigenvalue weighted by molar-refractivity contribution is 6.02. The minimum absolute atomic E-state index is 0.00594. The number of hydrogen-bond donors (Lipinski definition) is 0. The zero-order chi connectivity index (χ0) is 27.4. The topological polar surface area (TPSA) is 67.1 Å². The summed E-state index contributed by atoms with van der Waals surface area (Å²) in [6.07, 6.45) is -2.31. The molecule has 7 nitrogen and oxygen atoms in total. The summed E-state index contributed by atoms with van der Waals surface area (Å²) in [6, 6.07) is 12.8. The predicted octanol–water partition coefficient (Wildman–Crippen LogP) is 4.65. The van der Waals surface area contributed by atoms with Gasteiger partial charge in [-0.25, -0.2) is 9.40 Å². The van der Waals surface area contributed by atoms with E-state index in [0.29, 0.717) is 17.7 Å². The van der Waals surface area contributed by atoms with Gasteiger partial charge in [0, 0.05) is 38.9 Å². The SMILES string of the molecule is COCCN(CC(=O)N1N=C(c2cccn2C)C[C@H]1c1ccc(F)cc1)C(=O)c1ccc(C(F)(F)F)cc1. The second-order valence-electron chi connectivity index (χ2n) is 8.86. The van der Waals surface area contributed by atoms with Gasteiger partial charge in [0.05, 0.1) is 29.6 Å². The van der Waals surface area contributed by atoms with Gasteiger partial charge in [0.15, 0.2) is 0 Å². The van der Waals surface area contributed by atoms with Crippen molar-refractivity contribution in [1.29, 1.82) is 0 Å². The number of nitrogens with zero attached hydrogens (tertiary/aromatic N) is 4. The lowest BCUT2D eigenvalue weighted by Crippen LogP contribution is -2.42. The summed E-state index contributed by atoms with van der Waals surface area (Å²) in [6.45, 7) is -0.241. The van der Waals surface area contributed by atoms with Crippen molar-refractivity contribution in [3.05, 3.63) is 95.1 Å². The fourth-order valence-electron chi connectivity index (χ4n) is 4.27. The molecular formula is C27H26F4N4O3. The molecule has 1 aliphatic heterocycles. The number of hydrogen-bond acceptors (Lipinski definition) is 4. The van der Waals surface area contributed by atoms with Crippen molar-refractivity contribution in [1.82, 2.24) is 14.5 Å². The van der Waals surface area contributed by atoms with Crippen LogP contribution in [0.4, 0.5) is 17.6 Å². The number of methoxy groups -OCH3 is 1. The van der Waals surface area contributed by atoms with Crippen LogP contribution in [-0.4, -0.2) is 58.8 Å². The molecule has 2 amide bonds. The molecule has 4 rings (SSSR count). The van der Waals surface area contributed by atoms with Gasteiger partial charge in [-0.05, 0) is 54.1 Å². The van der Waals surface area contributed by atoms with E-state index in [1.807, 2.05) is 29.9 Å². The Morgan fingerprint density at radius 1 is 1.08 bits per heavy atom. The monoisotopic (exact) mass is 530 g/mol. The fraction of sp³-hybridized carbons (Fsp3) is 0.296. The van der Waals surface area contributed by atoms with Crippen LogP contribution in [-0.2, 0) is 22.8 Å². The average Bonchev–Trinajstić information content (AvgIpc) is 3.52. The van der Waals surface area contributed by atoms with Gasteiger partial charge in [0.1, 0.15) is 12.4 Å². The molecule has 0 saturated carbocycles. The van der Waals surface area contributed by atoms with Gasteiger partial charge in [0.25, 0.3) is 11.8 Å². The van der Waals surface area contributed by atoms with Crippen molar-refractivity contribution in [3.8, 4) is 0 Å². The zero-order valence-electron chi connectivity index (χ0n) is 20.8. The predicted molar refractivity (Wildman–Crippen MR) is 132 cm³/mol. The summed E-state index contributed by atoms with van der Waals surface area (Å²) < 4.78 is 59.4.